The molecule has 0 saturated heterocycles. The average molecular weight is 328 g/mol. The van der Waals surface area contributed by atoms with Crippen LogP contribution in [0.15, 0.2) is 28.7 Å². The van der Waals surface area contributed by atoms with E-state index in [1.807, 2.05) is 24.3 Å². The highest BCUT2D eigenvalue weighted by Crippen LogP contribution is 2.42. The molecule has 0 amide bonds. The summed E-state index contributed by atoms with van der Waals surface area (Å²) in [5.41, 5.74) is 0.213. The molecule has 4 heteroatoms. The molecule has 2 atom stereocenters. The molecule has 1 aromatic rings. The Balaban J connectivity index is 1.68. The van der Waals surface area contributed by atoms with Gasteiger partial charge in [0.15, 0.2) is 0 Å². The Morgan fingerprint density at radius 3 is 2.84 bits per heavy atom. The van der Waals surface area contributed by atoms with Crippen LogP contribution in [0, 0.1) is 5.41 Å². The van der Waals surface area contributed by atoms with E-state index in [1.54, 1.807) is 7.11 Å². The molecule has 0 radical (unpaired) electrons. The van der Waals surface area contributed by atoms with Gasteiger partial charge in [-0.2, -0.15) is 0 Å². The second-order valence-corrected chi connectivity index (χ2v) is 6.51. The Labute approximate surface area is 123 Å². The minimum Gasteiger partial charge on any atom is -0.492 e. The molecule has 1 N–H and O–H groups in total. The third-order valence-electron chi connectivity index (χ3n) is 4.02. The highest BCUT2D eigenvalue weighted by Gasteiger charge is 2.47. The number of halogens is 1. The van der Waals surface area contributed by atoms with E-state index in [0.29, 0.717) is 18.8 Å². The summed E-state index contributed by atoms with van der Waals surface area (Å²) in [6.07, 6.45) is 1.46. The van der Waals surface area contributed by atoms with E-state index in [9.17, 15) is 0 Å². The van der Waals surface area contributed by atoms with Gasteiger partial charge in [-0.15, -0.1) is 0 Å². The second-order valence-electron chi connectivity index (χ2n) is 5.59. The normalized spacial score (nSPS) is 24.8. The third kappa shape index (κ3) is 3.50. The number of nitrogens with one attached hydrogen (secondary N) is 1. The van der Waals surface area contributed by atoms with E-state index in [1.165, 1.54) is 0 Å². The molecule has 1 aromatic carbocycles. The predicted molar refractivity (Wildman–Crippen MR) is 80.6 cm³/mol. The highest BCUT2D eigenvalue weighted by molar-refractivity contribution is 9.10. The van der Waals surface area contributed by atoms with Crippen LogP contribution < -0.4 is 10.1 Å². The number of methoxy groups -OCH3 is 1. The second kappa shape index (κ2) is 6.25. The van der Waals surface area contributed by atoms with Gasteiger partial charge < -0.3 is 14.8 Å². The van der Waals surface area contributed by atoms with Crippen LogP contribution in [0.5, 0.6) is 5.75 Å². The van der Waals surface area contributed by atoms with Crippen molar-refractivity contribution < 1.29 is 9.47 Å². The van der Waals surface area contributed by atoms with E-state index >= 15 is 0 Å². The topological polar surface area (TPSA) is 30.5 Å². The van der Waals surface area contributed by atoms with Crippen LogP contribution >= 0.6 is 15.9 Å². The molecule has 1 fully saturated rings. The molecule has 3 nitrogen and oxygen atoms in total. The maximum absolute atomic E-state index is 5.70. The Morgan fingerprint density at radius 2 is 2.21 bits per heavy atom. The number of ether oxygens (including phenoxy) is 2. The van der Waals surface area contributed by atoms with Gasteiger partial charge in [0.05, 0.1) is 6.10 Å². The first-order valence-electron chi connectivity index (χ1n) is 6.68. The molecule has 1 aliphatic carbocycles. The average Bonchev–Trinajstić information content (AvgIpc) is 2.37. The molecule has 106 valence electrons. The Bertz CT molecular complexity index is 422. The van der Waals surface area contributed by atoms with Gasteiger partial charge in [-0.1, -0.05) is 35.8 Å². The molecule has 1 aliphatic rings. The van der Waals surface area contributed by atoms with E-state index < -0.39 is 0 Å². The molecular formula is C15H22BrNO2. The van der Waals surface area contributed by atoms with Crippen molar-refractivity contribution in [3.63, 3.8) is 0 Å². The summed E-state index contributed by atoms with van der Waals surface area (Å²) in [5.74, 6) is 0.902. The zero-order valence-electron chi connectivity index (χ0n) is 11.8. The van der Waals surface area contributed by atoms with Crippen LogP contribution in [0.2, 0.25) is 0 Å². The molecule has 2 unspecified atom stereocenters. The highest BCUT2D eigenvalue weighted by atomic mass is 79.9. The van der Waals surface area contributed by atoms with E-state index in [0.717, 1.165) is 23.2 Å². The van der Waals surface area contributed by atoms with E-state index in [4.69, 9.17) is 9.47 Å². The van der Waals surface area contributed by atoms with Gasteiger partial charge in [-0.3, -0.25) is 0 Å². The number of hydrogen-bond donors (Lipinski definition) is 1. The van der Waals surface area contributed by atoms with Crippen LogP contribution in [0.3, 0.4) is 0 Å². The molecule has 0 bridgehead atoms. The van der Waals surface area contributed by atoms with Gasteiger partial charge in [-0.25, -0.2) is 0 Å². The van der Waals surface area contributed by atoms with Gasteiger partial charge in [0.1, 0.15) is 12.4 Å². The van der Waals surface area contributed by atoms with E-state index in [-0.39, 0.29) is 5.41 Å². The lowest BCUT2D eigenvalue weighted by molar-refractivity contribution is -0.0976. The molecule has 19 heavy (non-hydrogen) atoms. The van der Waals surface area contributed by atoms with Gasteiger partial charge in [0, 0.05) is 29.6 Å². The maximum Gasteiger partial charge on any atom is 0.120 e. The fourth-order valence-corrected chi connectivity index (χ4v) is 2.97. The first kappa shape index (κ1) is 14.8. The first-order valence-corrected chi connectivity index (χ1v) is 7.48. The van der Waals surface area contributed by atoms with Crippen molar-refractivity contribution in [3.05, 3.63) is 28.7 Å². The minimum atomic E-state index is 0.213. The number of hydrogen-bond acceptors (Lipinski definition) is 3. The zero-order chi connectivity index (χ0) is 13.9. The largest absolute Gasteiger partial charge is 0.492 e. The van der Waals surface area contributed by atoms with Crippen LogP contribution in [-0.4, -0.2) is 32.4 Å². The number of rotatable bonds is 6. The summed E-state index contributed by atoms with van der Waals surface area (Å²) in [5, 5.41) is 3.54. The fraction of sp³-hybridized carbons (Fsp3) is 0.600. The smallest absolute Gasteiger partial charge is 0.120 e. The standard InChI is InChI=1S/C15H22BrNO2/c1-15(2)13(10-14(15)18-3)17-7-8-19-12-6-4-5-11(16)9-12/h4-6,9,13-14,17H,7-8,10H2,1-3H3. The molecule has 1 saturated carbocycles. The zero-order valence-corrected chi connectivity index (χ0v) is 13.4. The molecule has 0 aromatic heterocycles. The van der Waals surface area contributed by atoms with Gasteiger partial charge in [0.2, 0.25) is 0 Å². The first-order chi connectivity index (χ1) is 9.04. The fourth-order valence-electron chi connectivity index (χ4n) is 2.59. The summed E-state index contributed by atoms with van der Waals surface area (Å²) in [7, 11) is 1.79. The van der Waals surface area contributed by atoms with Crippen molar-refractivity contribution in [2.75, 3.05) is 20.3 Å². The van der Waals surface area contributed by atoms with Crippen molar-refractivity contribution in [2.24, 2.45) is 5.41 Å². The van der Waals surface area contributed by atoms with Gasteiger partial charge >= 0.3 is 0 Å². The third-order valence-corrected chi connectivity index (χ3v) is 4.51. The van der Waals surface area contributed by atoms with Crippen molar-refractivity contribution in [3.8, 4) is 5.75 Å². The SMILES string of the molecule is COC1CC(NCCOc2cccc(Br)c2)C1(C)C. The quantitative estimate of drug-likeness (QED) is 0.814. The maximum atomic E-state index is 5.70. The summed E-state index contributed by atoms with van der Waals surface area (Å²) in [6.45, 7) is 6.03. The van der Waals surface area contributed by atoms with Crippen LogP contribution in [0.25, 0.3) is 0 Å². The lowest BCUT2D eigenvalue weighted by atomic mass is 9.64. The van der Waals surface area contributed by atoms with Crippen molar-refractivity contribution in [1.29, 1.82) is 0 Å². The van der Waals surface area contributed by atoms with E-state index in [2.05, 4.69) is 35.1 Å². The Hall–Kier alpha value is -0.580. The Kier molecular flexibility index (Phi) is 4.87. The lowest BCUT2D eigenvalue weighted by Gasteiger charge is -2.51. The molecule has 0 aliphatic heterocycles. The van der Waals surface area contributed by atoms with Crippen LogP contribution in [0.4, 0.5) is 0 Å². The van der Waals surface area contributed by atoms with Crippen LogP contribution in [0.1, 0.15) is 20.3 Å². The lowest BCUT2D eigenvalue weighted by Crippen LogP contribution is -2.61. The predicted octanol–water partition coefficient (Wildman–Crippen LogP) is 3.23. The summed E-state index contributed by atoms with van der Waals surface area (Å²) >= 11 is 3.43. The molecular weight excluding hydrogens is 306 g/mol. The molecule has 0 heterocycles. The molecule has 2 rings (SSSR count). The van der Waals surface area contributed by atoms with Crippen molar-refractivity contribution in [1.82, 2.24) is 5.32 Å². The summed E-state index contributed by atoms with van der Waals surface area (Å²) in [4.78, 5) is 0. The monoisotopic (exact) mass is 327 g/mol. The van der Waals surface area contributed by atoms with Crippen molar-refractivity contribution in [2.45, 2.75) is 32.4 Å². The van der Waals surface area contributed by atoms with Gasteiger partial charge in [0.25, 0.3) is 0 Å². The van der Waals surface area contributed by atoms with Crippen molar-refractivity contribution >= 4 is 15.9 Å². The Morgan fingerprint density at radius 1 is 1.42 bits per heavy atom. The summed E-state index contributed by atoms with van der Waals surface area (Å²) in [6, 6.07) is 8.44. The minimum absolute atomic E-state index is 0.213. The van der Waals surface area contributed by atoms with Gasteiger partial charge in [-0.05, 0) is 24.6 Å². The molecule has 0 spiro atoms. The summed E-state index contributed by atoms with van der Waals surface area (Å²) < 4.78 is 12.2. The van der Waals surface area contributed by atoms with Crippen LogP contribution in [-0.2, 0) is 4.74 Å². The number of benzene rings is 1.